The predicted octanol–water partition coefficient (Wildman–Crippen LogP) is -0.814. The Morgan fingerprint density at radius 2 is 2.25 bits per heavy atom. The highest BCUT2D eigenvalue weighted by Gasteiger charge is 2.18. The van der Waals surface area contributed by atoms with Crippen LogP contribution in [-0.2, 0) is 0 Å². The molecule has 0 amide bonds. The monoisotopic (exact) mass is 172 g/mol. The summed E-state index contributed by atoms with van der Waals surface area (Å²) < 4.78 is 0. The van der Waals surface area contributed by atoms with Gasteiger partial charge < -0.3 is 20.3 Å². The van der Waals surface area contributed by atoms with E-state index in [9.17, 15) is 10.2 Å². The van der Waals surface area contributed by atoms with Crippen molar-refractivity contribution in [1.82, 2.24) is 9.97 Å². The van der Waals surface area contributed by atoms with E-state index in [1.165, 1.54) is 12.5 Å². The molecule has 68 valence electrons. The first-order valence-electron chi connectivity index (χ1n) is 3.71. The summed E-state index contributed by atoms with van der Waals surface area (Å²) in [5.41, 5.74) is 0.455. The van der Waals surface area contributed by atoms with Gasteiger partial charge in [0.1, 0.15) is 6.10 Å². The molecule has 0 bridgehead atoms. The van der Waals surface area contributed by atoms with Crippen LogP contribution < -0.4 is 0 Å². The van der Waals surface area contributed by atoms with Crippen LogP contribution in [0.4, 0.5) is 0 Å². The lowest BCUT2D eigenvalue weighted by molar-refractivity contribution is 0.00213. The minimum atomic E-state index is -1.00. The molecule has 1 aromatic rings. The Morgan fingerprint density at radius 3 is 2.75 bits per heavy atom. The molecule has 2 atom stereocenters. The maximum atomic E-state index is 9.38. The lowest BCUT2D eigenvalue weighted by Crippen LogP contribution is -2.19. The van der Waals surface area contributed by atoms with Gasteiger partial charge >= 0.3 is 0 Å². The largest absolute Gasteiger partial charge is 0.396 e. The summed E-state index contributed by atoms with van der Waals surface area (Å²) in [4.78, 5) is 6.37. The van der Waals surface area contributed by atoms with Gasteiger partial charge in [0.2, 0.25) is 0 Å². The van der Waals surface area contributed by atoms with Crippen molar-refractivity contribution in [2.24, 2.45) is 0 Å². The molecule has 0 saturated carbocycles. The van der Waals surface area contributed by atoms with Crippen molar-refractivity contribution in [3.05, 3.63) is 18.2 Å². The molecule has 0 aromatic carbocycles. The fourth-order valence-electron chi connectivity index (χ4n) is 0.926. The zero-order valence-corrected chi connectivity index (χ0v) is 6.51. The molecular formula is C7H12N2O3. The van der Waals surface area contributed by atoms with Gasteiger partial charge in [-0.15, -0.1) is 0 Å². The summed E-state index contributed by atoms with van der Waals surface area (Å²) in [7, 11) is 0. The quantitative estimate of drug-likeness (QED) is 0.478. The zero-order chi connectivity index (χ0) is 8.97. The molecular weight excluding hydrogens is 160 g/mol. The molecule has 0 saturated heterocycles. The number of hydrogen-bond acceptors (Lipinski definition) is 4. The minimum absolute atomic E-state index is 0.146. The van der Waals surface area contributed by atoms with Gasteiger partial charge in [0.15, 0.2) is 0 Å². The first kappa shape index (κ1) is 9.18. The number of H-pyrrole nitrogens is 1. The van der Waals surface area contributed by atoms with Crippen molar-refractivity contribution in [3.63, 3.8) is 0 Å². The number of aliphatic hydroxyl groups excluding tert-OH is 3. The topological polar surface area (TPSA) is 89.4 Å². The molecule has 5 heteroatoms. The first-order chi connectivity index (χ1) is 5.75. The summed E-state index contributed by atoms with van der Waals surface area (Å²) in [5.74, 6) is 0. The molecule has 2 unspecified atom stereocenters. The number of rotatable bonds is 4. The summed E-state index contributed by atoms with van der Waals surface area (Å²) in [5, 5.41) is 27.1. The van der Waals surface area contributed by atoms with Gasteiger partial charge in [-0.05, 0) is 6.42 Å². The number of nitrogens with zero attached hydrogens (tertiary/aromatic N) is 1. The Morgan fingerprint density at radius 1 is 1.50 bits per heavy atom. The number of aromatic amines is 1. The second-order valence-electron chi connectivity index (χ2n) is 2.53. The maximum absolute atomic E-state index is 9.38. The van der Waals surface area contributed by atoms with E-state index in [2.05, 4.69) is 9.97 Å². The van der Waals surface area contributed by atoms with Crippen LogP contribution in [0, 0.1) is 0 Å². The van der Waals surface area contributed by atoms with Crippen molar-refractivity contribution in [1.29, 1.82) is 0 Å². The summed E-state index contributed by atoms with van der Waals surface area (Å²) in [6.07, 6.45) is 1.06. The molecule has 0 aliphatic carbocycles. The van der Waals surface area contributed by atoms with Gasteiger partial charge in [-0.3, -0.25) is 0 Å². The van der Waals surface area contributed by atoms with Crippen LogP contribution in [0.5, 0.6) is 0 Å². The van der Waals surface area contributed by atoms with E-state index in [4.69, 9.17) is 5.11 Å². The van der Waals surface area contributed by atoms with Gasteiger partial charge in [0, 0.05) is 6.61 Å². The fourth-order valence-corrected chi connectivity index (χ4v) is 0.926. The molecule has 4 N–H and O–H groups in total. The lowest BCUT2D eigenvalue weighted by Gasteiger charge is -2.14. The van der Waals surface area contributed by atoms with Crippen molar-refractivity contribution >= 4 is 0 Å². The summed E-state index contributed by atoms with van der Waals surface area (Å²) >= 11 is 0. The Bertz CT molecular complexity index is 212. The minimum Gasteiger partial charge on any atom is -0.396 e. The third kappa shape index (κ3) is 2.04. The molecule has 1 rings (SSSR count). The molecule has 0 fully saturated rings. The van der Waals surface area contributed by atoms with E-state index in [-0.39, 0.29) is 13.0 Å². The second kappa shape index (κ2) is 4.20. The number of nitrogens with one attached hydrogen (secondary N) is 1. The van der Waals surface area contributed by atoms with Gasteiger partial charge in [-0.1, -0.05) is 0 Å². The Balaban J connectivity index is 2.53. The third-order valence-electron chi connectivity index (χ3n) is 1.63. The smallest absolute Gasteiger partial charge is 0.121 e. The van der Waals surface area contributed by atoms with Crippen molar-refractivity contribution < 1.29 is 15.3 Å². The van der Waals surface area contributed by atoms with Gasteiger partial charge in [0.25, 0.3) is 0 Å². The van der Waals surface area contributed by atoms with Crippen molar-refractivity contribution in [3.8, 4) is 0 Å². The van der Waals surface area contributed by atoms with Gasteiger partial charge in [0.05, 0.1) is 24.3 Å². The number of aliphatic hydroxyl groups is 3. The van der Waals surface area contributed by atoms with Gasteiger partial charge in [-0.2, -0.15) is 0 Å². The van der Waals surface area contributed by atoms with E-state index in [1.54, 1.807) is 0 Å². The average Bonchev–Trinajstić information content (AvgIpc) is 2.55. The number of hydrogen-bond donors (Lipinski definition) is 4. The average molecular weight is 172 g/mol. The normalized spacial score (nSPS) is 15.9. The fraction of sp³-hybridized carbons (Fsp3) is 0.571. The Hall–Kier alpha value is -0.910. The second-order valence-corrected chi connectivity index (χ2v) is 2.53. The highest BCUT2D eigenvalue weighted by Crippen LogP contribution is 2.15. The van der Waals surface area contributed by atoms with E-state index in [1.807, 2.05) is 0 Å². The van der Waals surface area contributed by atoms with E-state index >= 15 is 0 Å². The van der Waals surface area contributed by atoms with Crippen LogP contribution in [0.25, 0.3) is 0 Å². The molecule has 0 spiro atoms. The highest BCUT2D eigenvalue weighted by atomic mass is 16.3. The maximum Gasteiger partial charge on any atom is 0.121 e. The third-order valence-corrected chi connectivity index (χ3v) is 1.63. The SMILES string of the molecule is OCCC(O)C(O)c1cnc[nH]1. The molecule has 0 radical (unpaired) electrons. The molecule has 0 aliphatic rings. The lowest BCUT2D eigenvalue weighted by atomic mass is 10.1. The van der Waals surface area contributed by atoms with Crippen LogP contribution in [0.1, 0.15) is 18.2 Å². The molecule has 12 heavy (non-hydrogen) atoms. The van der Waals surface area contributed by atoms with Crippen LogP contribution in [0.15, 0.2) is 12.5 Å². The molecule has 5 nitrogen and oxygen atoms in total. The predicted molar refractivity (Wildman–Crippen MR) is 41.3 cm³/mol. The standard InChI is InChI=1S/C7H12N2O3/c10-2-1-6(11)7(12)5-3-8-4-9-5/h3-4,6-7,10-12H,1-2H2,(H,8,9). The molecule has 0 aliphatic heterocycles. The summed E-state index contributed by atoms with van der Waals surface area (Å²) in [6, 6.07) is 0. The van der Waals surface area contributed by atoms with Crippen molar-refractivity contribution in [2.75, 3.05) is 6.61 Å². The molecule has 1 aromatic heterocycles. The van der Waals surface area contributed by atoms with Crippen molar-refractivity contribution in [2.45, 2.75) is 18.6 Å². The summed E-state index contributed by atoms with van der Waals surface area (Å²) in [6.45, 7) is -0.146. The number of imidazole rings is 1. The first-order valence-corrected chi connectivity index (χ1v) is 3.71. The molecule has 1 heterocycles. The van der Waals surface area contributed by atoms with E-state index < -0.39 is 12.2 Å². The van der Waals surface area contributed by atoms with Crippen LogP contribution in [0.2, 0.25) is 0 Å². The van der Waals surface area contributed by atoms with Gasteiger partial charge in [-0.25, -0.2) is 4.98 Å². The Labute approximate surface area is 69.7 Å². The van der Waals surface area contributed by atoms with Crippen LogP contribution in [0.3, 0.4) is 0 Å². The number of aromatic nitrogens is 2. The highest BCUT2D eigenvalue weighted by molar-refractivity contribution is 5.00. The van der Waals surface area contributed by atoms with Crippen LogP contribution in [-0.4, -0.2) is 38.0 Å². The van der Waals surface area contributed by atoms with E-state index in [0.29, 0.717) is 5.69 Å². The van der Waals surface area contributed by atoms with Crippen LogP contribution >= 0.6 is 0 Å². The Kier molecular flexibility index (Phi) is 3.21. The zero-order valence-electron chi connectivity index (χ0n) is 6.51. The van der Waals surface area contributed by atoms with E-state index in [0.717, 1.165) is 0 Å².